The van der Waals surface area contributed by atoms with Gasteiger partial charge in [-0.1, -0.05) is 18.2 Å². The summed E-state index contributed by atoms with van der Waals surface area (Å²) in [5.41, 5.74) is 3.63. The molecule has 2 aliphatic rings. The molecule has 4 rings (SSSR count). The number of benzene rings is 2. The first-order chi connectivity index (χ1) is 15.1. The molecule has 0 saturated heterocycles. The highest BCUT2D eigenvalue weighted by molar-refractivity contribution is 5.95. The van der Waals surface area contributed by atoms with Gasteiger partial charge in [0.05, 0.1) is 6.61 Å². The summed E-state index contributed by atoms with van der Waals surface area (Å²) in [5.74, 6) is 0.731. The van der Waals surface area contributed by atoms with Crippen molar-refractivity contribution in [2.24, 2.45) is 0 Å². The largest absolute Gasteiger partial charge is 0.494 e. The molecule has 164 valence electrons. The van der Waals surface area contributed by atoms with Crippen LogP contribution < -0.4 is 10.1 Å². The molecule has 2 aliphatic carbocycles. The summed E-state index contributed by atoms with van der Waals surface area (Å²) in [4.78, 5) is 12.2. The van der Waals surface area contributed by atoms with E-state index in [1.807, 2.05) is 6.92 Å². The van der Waals surface area contributed by atoms with Crippen molar-refractivity contribution in [1.82, 2.24) is 5.32 Å². The van der Waals surface area contributed by atoms with Crippen LogP contribution in [0, 0.1) is 5.82 Å². The van der Waals surface area contributed by atoms with Crippen LogP contribution in [-0.2, 0) is 5.41 Å². The molecule has 4 heteroatoms. The predicted octanol–water partition coefficient (Wildman–Crippen LogP) is 6.07. The van der Waals surface area contributed by atoms with Gasteiger partial charge in [0.1, 0.15) is 11.6 Å². The molecule has 0 bridgehead atoms. The van der Waals surface area contributed by atoms with Gasteiger partial charge >= 0.3 is 0 Å². The van der Waals surface area contributed by atoms with Crippen molar-refractivity contribution in [2.45, 2.75) is 63.3 Å². The fourth-order valence-electron chi connectivity index (χ4n) is 5.12. The van der Waals surface area contributed by atoms with Gasteiger partial charge in [0, 0.05) is 18.0 Å². The number of carbonyl (C=O) groups is 1. The maximum Gasteiger partial charge on any atom is 0.162 e. The van der Waals surface area contributed by atoms with Crippen LogP contribution in [0.15, 0.2) is 48.5 Å². The average molecular weight is 422 g/mol. The third-order valence-corrected chi connectivity index (χ3v) is 6.83. The number of fused-ring (bicyclic) bond motifs is 2. The highest BCUT2D eigenvalue weighted by Crippen LogP contribution is 2.47. The van der Waals surface area contributed by atoms with Gasteiger partial charge in [0.25, 0.3) is 0 Å². The van der Waals surface area contributed by atoms with E-state index in [4.69, 9.17) is 4.74 Å². The number of nitrogens with one attached hydrogen (secondary N) is 1. The van der Waals surface area contributed by atoms with Crippen LogP contribution in [0.2, 0.25) is 0 Å². The van der Waals surface area contributed by atoms with Crippen molar-refractivity contribution in [3.8, 4) is 5.75 Å². The van der Waals surface area contributed by atoms with Crippen LogP contribution in [0.25, 0.3) is 6.08 Å². The topological polar surface area (TPSA) is 38.3 Å². The first-order valence-corrected chi connectivity index (χ1v) is 11.6. The number of hydrogen-bond acceptors (Lipinski definition) is 3. The SMILES string of the molecule is CCOc1ccc2c(c1)C=CCC21CCC(NCCCC(=O)c2ccc(F)cc2)CC1. The van der Waals surface area contributed by atoms with E-state index in [1.54, 1.807) is 12.1 Å². The van der Waals surface area contributed by atoms with Gasteiger partial charge in [-0.15, -0.1) is 0 Å². The molecule has 1 spiro atoms. The standard InChI is InChI=1S/C27H32FNO2/c1-2-31-24-11-12-25-21(19-24)5-3-15-27(25)16-13-23(14-17-27)29-18-4-6-26(30)20-7-9-22(28)10-8-20/h3,5,7-12,19,23,29H,2,4,6,13-18H2,1H3. The second kappa shape index (κ2) is 9.78. The molecule has 0 aliphatic heterocycles. The molecular weight excluding hydrogens is 389 g/mol. The average Bonchev–Trinajstić information content (AvgIpc) is 2.79. The lowest BCUT2D eigenvalue weighted by Crippen LogP contribution is -2.41. The Balaban J connectivity index is 1.25. The van der Waals surface area contributed by atoms with Crippen LogP contribution in [0.5, 0.6) is 5.75 Å². The van der Waals surface area contributed by atoms with E-state index in [1.165, 1.54) is 36.1 Å². The molecule has 0 atom stereocenters. The molecule has 2 aromatic carbocycles. The quantitative estimate of drug-likeness (QED) is 0.415. The Bertz CT molecular complexity index is 927. The van der Waals surface area contributed by atoms with Crippen molar-refractivity contribution >= 4 is 11.9 Å². The Morgan fingerprint density at radius 2 is 1.94 bits per heavy atom. The highest BCUT2D eigenvalue weighted by Gasteiger charge is 2.38. The maximum absolute atomic E-state index is 13.0. The number of carbonyl (C=O) groups excluding carboxylic acids is 1. The van der Waals surface area contributed by atoms with Crippen LogP contribution in [0.4, 0.5) is 4.39 Å². The third-order valence-electron chi connectivity index (χ3n) is 6.83. The van der Waals surface area contributed by atoms with Gasteiger partial charge in [-0.2, -0.15) is 0 Å². The highest BCUT2D eigenvalue weighted by atomic mass is 19.1. The fraction of sp³-hybridized carbons (Fsp3) is 0.444. The normalized spacial score (nSPS) is 22.3. The smallest absolute Gasteiger partial charge is 0.162 e. The maximum atomic E-state index is 13.0. The van der Waals surface area contributed by atoms with Crippen molar-refractivity contribution in [2.75, 3.05) is 13.2 Å². The van der Waals surface area contributed by atoms with E-state index in [0.29, 0.717) is 24.6 Å². The molecule has 1 fully saturated rings. The number of hydrogen-bond donors (Lipinski definition) is 1. The minimum atomic E-state index is -0.306. The van der Waals surface area contributed by atoms with Gasteiger partial charge in [-0.05, 0) is 105 Å². The number of ether oxygens (including phenoxy) is 1. The molecule has 0 aromatic heterocycles. The first kappa shape index (κ1) is 21.8. The summed E-state index contributed by atoms with van der Waals surface area (Å²) in [6, 6.07) is 12.9. The van der Waals surface area contributed by atoms with Gasteiger partial charge in [0.15, 0.2) is 5.78 Å². The van der Waals surface area contributed by atoms with Crippen LogP contribution in [0.3, 0.4) is 0 Å². The number of Topliss-reactive ketones (excluding diaryl/α,β-unsaturated/α-hetero) is 1. The molecule has 1 N–H and O–H groups in total. The first-order valence-electron chi connectivity index (χ1n) is 11.6. The summed E-state index contributed by atoms with van der Waals surface area (Å²) >= 11 is 0. The van der Waals surface area contributed by atoms with Crippen LogP contribution >= 0.6 is 0 Å². The Morgan fingerprint density at radius 3 is 2.68 bits per heavy atom. The monoisotopic (exact) mass is 421 g/mol. The third kappa shape index (κ3) is 5.07. The van der Waals surface area contributed by atoms with Crippen LogP contribution in [-0.4, -0.2) is 25.0 Å². The molecule has 2 aromatic rings. The van der Waals surface area contributed by atoms with Crippen molar-refractivity contribution in [3.63, 3.8) is 0 Å². The molecular formula is C27H32FNO2. The second-order valence-corrected chi connectivity index (χ2v) is 8.83. The molecule has 1 saturated carbocycles. The number of ketones is 1. The van der Waals surface area contributed by atoms with E-state index >= 15 is 0 Å². The Morgan fingerprint density at radius 1 is 1.16 bits per heavy atom. The van der Waals surface area contributed by atoms with E-state index in [9.17, 15) is 9.18 Å². The minimum Gasteiger partial charge on any atom is -0.494 e. The number of allylic oxidation sites excluding steroid dienone is 1. The van der Waals surface area contributed by atoms with Crippen molar-refractivity contribution < 1.29 is 13.9 Å². The zero-order valence-corrected chi connectivity index (χ0v) is 18.3. The van der Waals surface area contributed by atoms with Gasteiger partial charge in [-0.25, -0.2) is 4.39 Å². The fourth-order valence-corrected chi connectivity index (χ4v) is 5.12. The summed E-state index contributed by atoms with van der Waals surface area (Å²) in [6.07, 6.45) is 11.7. The van der Waals surface area contributed by atoms with E-state index in [-0.39, 0.29) is 17.0 Å². The second-order valence-electron chi connectivity index (χ2n) is 8.83. The van der Waals surface area contributed by atoms with E-state index < -0.39 is 0 Å². The van der Waals surface area contributed by atoms with Gasteiger partial charge < -0.3 is 10.1 Å². The lowest BCUT2D eigenvalue weighted by Gasteiger charge is -2.43. The summed E-state index contributed by atoms with van der Waals surface area (Å²) < 4.78 is 18.7. The zero-order valence-electron chi connectivity index (χ0n) is 18.3. The Hall–Kier alpha value is -2.46. The zero-order chi connectivity index (χ0) is 21.7. The summed E-state index contributed by atoms with van der Waals surface area (Å²) in [5, 5.41) is 3.66. The van der Waals surface area contributed by atoms with E-state index in [2.05, 4.69) is 35.7 Å². The Labute approximate surface area is 184 Å². The molecule has 0 heterocycles. The number of rotatable bonds is 8. The van der Waals surface area contributed by atoms with Crippen molar-refractivity contribution in [1.29, 1.82) is 0 Å². The van der Waals surface area contributed by atoms with Crippen molar-refractivity contribution in [3.05, 3.63) is 71.0 Å². The molecule has 0 unspecified atom stereocenters. The molecule has 3 nitrogen and oxygen atoms in total. The van der Waals surface area contributed by atoms with Crippen LogP contribution in [0.1, 0.15) is 73.4 Å². The van der Waals surface area contributed by atoms with Gasteiger partial charge in [-0.3, -0.25) is 4.79 Å². The summed E-state index contributed by atoms with van der Waals surface area (Å²) in [7, 11) is 0. The van der Waals surface area contributed by atoms with E-state index in [0.717, 1.165) is 38.0 Å². The molecule has 0 amide bonds. The van der Waals surface area contributed by atoms with Gasteiger partial charge in [0.2, 0.25) is 0 Å². The lowest BCUT2D eigenvalue weighted by atomic mass is 9.63. The minimum absolute atomic E-state index is 0.0846. The lowest BCUT2D eigenvalue weighted by molar-refractivity contribution is 0.0979. The number of halogens is 1. The Kier molecular flexibility index (Phi) is 6.86. The molecule has 31 heavy (non-hydrogen) atoms. The molecule has 0 radical (unpaired) electrons. The predicted molar refractivity (Wildman–Crippen MR) is 123 cm³/mol. The summed E-state index contributed by atoms with van der Waals surface area (Å²) in [6.45, 7) is 3.55.